The summed E-state index contributed by atoms with van der Waals surface area (Å²) in [4.78, 5) is 38.8. The molecule has 0 saturated carbocycles. The van der Waals surface area contributed by atoms with Crippen LogP contribution in [0.5, 0.6) is 0 Å². The van der Waals surface area contributed by atoms with Crippen molar-refractivity contribution in [3.8, 4) is 11.3 Å². The number of nitrogens with one attached hydrogen (secondary N) is 1. The number of amides is 1. The predicted molar refractivity (Wildman–Crippen MR) is 134 cm³/mol. The standard InChI is InChI=1S/C26H27FN4O3S/c1-16-17(2)35-26-24(16)25(33)28-22(29-26)15-30-11-13-31(14-12-30)23(32)10-8-18-7-9-21(34-18)19-5-3-4-6-20(19)27/h3-7,9H,8,10-15H2,1-2H3,(H,28,29,33). The Morgan fingerprint density at radius 2 is 1.91 bits per heavy atom. The van der Waals surface area contributed by atoms with Crippen molar-refractivity contribution in [2.75, 3.05) is 26.2 Å². The molecule has 0 radical (unpaired) electrons. The Bertz CT molecular complexity index is 1430. The van der Waals surface area contributed by atoms with Gasteiger partial charge in [0.1, 0.15) is 28.0 Å². The van der Waals surface area contributed by atoms with Gasteiger partial charge in [-0.25, -0.2) is 9.37 Å². The van der Waals surface area contributed by atoms with Crippen LogP contribution in [-0.4, -0.2) is 51.9 Å². The minimum absolute atomic E-state index is 0.0750. The third kappa shape index (κ3) is 4.92. The van der Waals surface area contributed by atoms with E-state index in [2.05, 4.69) is 14.9 Å². The van der Waals surface area contributed by atoms with Gasteiger partial charge >= 0.3 is 0 Å². The van der Waals surface area contributed by atoms with Crippen LogP contribution in [0.25, 0.3) is 21.5 Å². The van der Waals surface area contributed by atoms with Crippen LogP contribution < -0.4 is 5.56 Å². The number of aromatic nitrogens is 2. The van der Waals surface area contributed by atoms with Crippen molar-refractivity contribution < 1.29 is 13.6 Å². The Kier molecular flexibility index (Phi) is 6.53. The van der Waals surface area contributed by atoms with Crippen LogP contribution >= 0.6 is 11.3 Å². The monoisotopic (exact) mass is 494 g/mol. The third-order valence-corrected chi connectivity index (χ3v) is 7.67. The van der Waals surface area contributed by atoms with Gasteiger partial charge in [-0.3, -0.25) is 14.5 Å². The molecule has 1 aliphatic heterocycles. The highest BCUT2D eigenvalue weighted by Crippen LogP contribution is 2.27. The van der Waals surface area contributed by atoms with E-state index in [0.29, 0.717) is 73.9 Å². The molecule has 0 spiro atoms. The largest absolute Gasteiger partial charge is 0.461 e. The first-order chi connectivity index (χ1) is 16.9. The molecule has 4 heterocycles. The lowest BCUT2D eigenvalue weighted by Gasteiger charge is -2.34. The van der Waals surface area contributed by atoms with E-state index in [9.17, 15) is 14.0 Å². The second-order valence-electron chi connectivity index (χ2n) is 8.88. The lowest BCUT2D eigenvalue weighted by atomic mass is 10.1. The average Bonchev–Trinajstić information content (AvgIpc) is 3.42. The van der Waals surface area contributed by atoms with Crippen molar-refractivity contribution in [2.24, 2.45) is 0 Å². The molecule has 1 N–H and O–H groups in total. The molecule has 4 aromatic rings. The van der Waals surface area contributed by atoms with Gasteiger partial charge in [0.2, 0.25) is 5.91 Å². The molecule has 5 rings (SSSR count). The average molecular weight is 495 g/mol. The highest BCUT2D eigenvalue weighted by atomic mass is 32.1. The Morgan fingerprint density at radius 1 is 1.14 bits per heavy atom. The van der Waals surface area contributed by atoms with Crippen LogP contribution in [0, 0.1) is 19.7 Å². The lowest BCUT2D eigenvalue weighted by molar-refractivity contribution is -0.133. The highest BCUT2D eigenvalue weighted by Gasteiger charge is 2.22. The lowest BCUT2D eigenvalue weighted by Crippen LogP contribution is -2.48. The summed E-state index contributed by atoms with van der Waals surface area (Å²) in [5.41, 5.74) is 1.33. The predicted octanol–water partition coefficient (Wildman–Crippen LogP) is 4.28. The van der Waals surface area contributed by atoms with Gasteiger partial charge in [-0.05, 0) is 43.7 Å². The van der Waals surface area contributed by atoms with E-state index in [-0.39, 0.29) is 17.3 Å². The maximum Gasteiger partial charge on any atom is 0.259 e. The van der Waals surface area contributed by atoms with Crippen LogP contribution in [0.1, 0.15) is 28.4 Å². The molecule has 1 aliphatic rings. The van der Waals surface area contributed by atoms with Crippen LogP contribution in [0.15, 0.2) is 45.6 Å². The molecule has 7 nitrogen and oxygen atoms in total. The Balaban J connectivity index is 1.13. The highest BCUT2D eigenvalue weighted by molar-refractivity contribution is 7.18. The maximum atomic E-state index is 14.0. The van der Waals surface area contributed by atoms with Crippen molar-refractivity contribution in [1.82, 2.24) is 19.8 Å². The number of carbonyl (C=O) groups is 1. The van der Waals surface area contributed by atoms with Crippen molar-refractivity contribution >= 4 is 27.5 Å². The second kappa shape index (κ2) is 9.75. The summed E-state index contributed by atoms with van der Waals surface area (Å²) in [6, 6.07) is 10.0. The van der Waals surface area contributed by atoms with Gasteiger partial charge in [0.05, 0.1) is 17.5 Å². The number of hydrogen-bond donors (Lipinski definition) is 1. The number of aromatic amines is 1. The summed E-state index contributed by atoms with van der Waals surface area (Å²) in [5, 5.41) is 0.684. The molecule has 9 heteroatoms. The number of rotatable bonds is 6. The number of halogens is 1. The summed E-state index contributed by atoms with van der Waals surface area (Å²) in [6.07, 6.45) is 0.811. The van der Waals surface area contributed by atoms with E-state index >= 15 is 0 Å². The maximum absolute atomic E-state index is 14.0. The van der Waals surface area contributed by atoms with E-state index in [1.807, 2.05) is 18.7 Å². The van der Waals surface area contributed by atoms with Crippen molar-refractivity contribution in [3.05, 3.63) is 74.6 Å². The van der Waals surface area contributed by atoms with E-state index in [4.69, 9.17) is 4.42 Å². The molecule has 1 aromatic carbocycles. The molecule has 3 aromatic heterocycles. The van der Waals surface area contributed by atoms with Crippen molar-refractivity contribution in [2.45, 2.75) is 33.2 Å². The fourth-order valence-electron chi connectivity index (χ4n) is 4.45. The fraction of sp³-hybridized carbons (Fsp3) is 0.346. The van der Waals surface area contributed by atoms with Gasteiger partial charge in [0, 0.05) is 43.9 Å². The SMILES string of the molecule is Cc1sc2nc(CN3CCN(C(=O)CCc4ccc(-c5ccccc5F)o4)CC3)[nH]c(=O)c2c1C. The number of hydrogen-bond acceptors (Lipinski definition) is 6. The number of piperazine rings is 1. The second-order valence-corrected chi connectivity index (χ2v) is 10.1. The summed E-state index contributed by atoms with van der Waals surface area (Å²) in [7, 11) is 0. The quantitative estimate of drug-likeness (QED) is 0.433. The van der Waals surface area contributed by atoms with E-state index in [0.717, 1.165) is 15.3 Å². The first-order valence-corrected chi connectivity index (χ1v) is 12.5. The number of thiophene rings is 1. The summed E-state index contributed by atoms with van der Waals surface area (Å²) < 4.78 is 19.7. The molecule has 1 amide bonds. The van der Waals surface area contributed by atoms with Gasteiger partial charge in [0.25, 0.3) is 5.56 Å². The van der Waals surface area contributed by atoms with Gasteiger partial charge in [-0.1, -0.05) is 12.1 Å². The fourth-order valence-corrected chi connectivity index (χ4v) is 5.50. The van der Waals surface area contributed by atoms with Crippen molar-refractivity contribution in [1.29, 1.82) is 0 Å². The van der Waals surface area contributed by atoms with Gasteiger partial charge < -0.3 is 14.3 Å². The Hall–Kier alpha value is -3.30. The third-order valence-electron chi connectivity index (χ3n) is 6.57. The number of fused-ring (bicyclic) bond motifs is 1. The number of carbonyl (C=O) groups excluding carboxylic acids is 1. The first-order valence-electron chi connectivity index (χ1n) is 11.7. The van der Waals surface area contributed by atoms with Crippen molar-refractivity contribution in [3.63, 3.8) is 0 Å². The van der Waals surface area contributed by atoms with E-state index in [1.165, 1.54) is 6.07 Å². The normalized spacial score (nSPS) is 14.7. The number of aryl methyl sites for hydroxylation is 3. The molecule has 0 bridgehead atoms. The molecule has 1 fully saturated rings. The van der Waals surface area contributed by atoms with Gasteiger partial charge in [-0.2, -0.15) is 0 Å². The topological polar surface area (TPSA) is 82.4 Å². The summed E-state index contributed by atoms with van der Waals surface area (Å²) in [6.45, 7) is 7.19. The molecule has 182 valence electrons. The van der Waals surface area contributed by atoms with E-state index < -0.39 is 0 Å². The zero-order valence-corrected chi connectivity index (χ0v) is 20.6. The molecular weight excluding hydrogens is 467 g/mol. The van der Waals surface area contributed by atoms with Crippen LogP contribution in [0.2, 0.25) is 0 Å². The molecule has 0 aliphatic carbocycles. The zero-order chi connectivity index (χ0) is 24.5. The molecule has 0 atom stereocenters. The van der Waals surface area contributed by atoms with Crippen LogP contribution in [0.3, 0.4) is 0 Å². The molecule has 1 saturated heterocycles. The number of H-pyrrole nitrogens is 1. The summed E-state index contributed by atoms with van der Waals surface area (Å²) >= 11 is 1.55. The number of nitrogens with zero attached hydrogens (tertiary/aromatic N) is 3. The Labute approximate surface area is 206 Å². The molecule has 0 unspecified atom stereocenters. The van der Waals surface area contributed by atoms with Crippen LogP contribution in [-0.2, 0) is 17.8 Å². The minimum atomic E-state index is -0.331. The van der Waals surface area contributed by atoms with Gasteiger partial charge in [0.15, 0.2) is 0 Å². The van der Waals surface area contributed by atoms with E-state index in [1.54, 1.807) is 41.7 Å². The van der Waals surface area contributed by atoms with Crippen LogP contribution in [0.4, 0.5) is 4.39 Å². The minimum Gasteiger partial charge on any atom is -0.461 e. The molecule has 35 heavy (non-hydrogen) atoms. The number of benzene rings is 1. The van der Waals surface area contributed by atoms with Gasteiger partial charge in [-0.15, -0.1) is 11.3 Å². The molecular formula is C26H27FN4O3S. The zero-order valence-electron chi connectivity index (χ0n) is 19.8. The first kappa shape index (κ1) is 23.4. The Morgan fingerprint density at radius 3 is 2.69 bits per heavy atom. The summed E-state index contributed by atoms with van der Waals surface area (Å²) in [5.74, 6) is 1.54. The number of furan rings is 1. The smallest absolute Gasteiger partial charge is 0.259 e.